The van der Waals surface area contributed by atoms with Gasteiger partial charge in [-0.25, -0.2) is 0 Å². The highest BCUT2D eigenvalue weighted by Gasteiger charge is 2.32. The molecule has 0 spiro atoms. The zero-order valence-electron chi connectivity index (χ0n) is 12.0. The maximum atomic E-state index is 9.80. The first-order valence-corrected chi connectivity index (χ1v) is 6.58. The lowest BCUT2D eigenvalue weighted by atomic mass is 10.00. The number of benzene rings is 1. The van der Waals surface area contributed by atoms with Crippen molar-refractivity contribution in [2.24, 2.45) is 0 Å². The largest absolute Gasteiger partial charge is 0.509 e. The maximum absolute atomic E-state index is 9.80. The van der Waals surface area contributed by atoms with E-state index in [2.05, 4.69) is 0 Å². The summed E-state index contributed by atoms with van der Waals surface area (Å²) in [6, 6.07) is 5.38. The van der Waals surface area contributed by atoms with Crippen LogP contribution in [0.3, 0.4) is 0 Å². The molecular weight excluding hydrogens is 276 g/mol. The van der Waals surface area contributed by atoms with E-state index in [1.165, 1.54) is 6.08 Å². The van der Waals surface area contributed by atoms with Crippen LogP contribution in [0.4, 0.5) is 0 Å². The molecule has 4 atom stereocenters. The zero-order valence-corrected chi connectivity index (χ0v) is 12.0. The fraction of sp³-hybridized carbons (Fsp3) is 0.467. The molecule has 0 aliphatic heterocycles. The second kappa shape index (κ2) is 7.53. The van der Waals surface area contributed by atoms with E-state index in [1.54, 1.807) is 12.1 Å². The molecule has 6 nitrogen and oxygen atoms in total. The standard InChI is InChI=1S/C15H22O6/c1-8-3-4-10(5-9(8)2)6-11(17)13(19)15(21)14(20)12(18)7-16/h3-6,12-21H,7H2,1-2H3/b11-6-/t12-,13-,14+,15-/m0/s1. The van der Waals surface area contributed by atoms with Crippen molar-refractivity contribution in [3.63, 3.8) is 0 Å². The van der Waals surface area contributed by atoms with Crippen LogP contribution in [0, 0.1) is 13.8 Å². The first-order valence-electron chi connectivity index (χ1n) is 6.58. The molecule has 0 saturated carbocycles. The number of aryl methyl sites for hydroxylation is 2. The molecule has 0 bridgehead atoms. The predicted octanol–water partition coefficient (Wildman–Crippen LogP) is -0.362. The summed E-state index contributed by atoms with van der Waals surface area (Å²) >= 11 is 0. The molecular formula is C15H22O6. The maximum Gasteiger partial charge on any atom is 0.139 e. The molecule has 0 radical (unpaired) electrons. The first-order chi connectivity index (χ1) is 9.77. The van der Waals surface area contributed by atoms with Gasteiger partial charge in [0.05, 0.1) is 6.61 Å². The average Bonchev–Trinajstić information content (AvgIpc) is 2.47. The van der Waals surface area contributed by atoms with Crippen LogP contribution in [0.15, 0.2) is 24.0 Å². The number of aliphatic hydroxyl groups excluding tert-OH is 6. The third-order valence-electron chi connectivity index (χ3n) is 3.40. The summed E-state index contributed by atoms with van der Waals surface area (Å²) in [6.45, 7) is 3.07. The number of hydrogen-bond acceptors (Lipinski definition) is 6. The summed E-state index contributed by atoms with van der Waals surface area (Å²) in [5.74, 6) is -0.546. The van der Waals surface area contributed by atoms with Crippen LogP contribution in [0.1, 0.15) is 16.7 Å². The van der Waals surface area contributed by atoms with Crippen LogP contribution in [0.5, 0.6) is 0 Å². The summed E-state index contributed by atoms with van der Waals surface area (Å²) in [5.41, 5.74) is 2.70. The third-order valence-corrected chi connectivity index (χ3v) is 3.40. The molecule has 0 aliphatic carbocycles. The highest BCUT2D eigenvalue weighted by atomic mass is 16.4. The Hall–Kier alpha value is -1.44. The van der Waals surface area contributed by atoms with E-state index >= 15 is 0 Å². The molecule has 21 heavy (non-hydrogen) atoms. The predicted molar refractivity (Wildman–Crippen MR) is 77.6 cm³/mol. The molecule has 0 fully saturated rings. The molecule has 1 aromatic carbocycles. The van der Waals surface area contributed by atoms with Crippen molar-refractivity contribution in [2.75, 3.05) is 6.61 Å². The Morgan fingerprint density at radius 3 is 2.19 bits per heavy atom. The Morgan fingerprint density at radius 1 is 1.05 bits per heavy atom. The Labute approximate surface area is 123 Å². The van der Waals surface area contributed by atoms with Crippen molar-refractivity contribution in [3.05, 3.63) is 40.6 Å². The van der Waals surface area contributed by atoms with Crippen LogP contribution in [-0.2, 0) is 0 Å². The van der Waals surface area contributed by atoms with Crippen molar-refractivity contribution in [1.82, 2.24) is 0 Å². The van der Waals surface area contributed by atoms with Gasteiger partial charge >= 0.3 is 0 Å². The van der Waals surface area contributed by atoms with Crippen molar-refractivity contribution in [1.29, 1.82) is 0 Å². The molecule has 0 saturated heterocycles. The lowest BCUT2D eigenvalue weighted by Crippen LogP contribution is -2.46. The summed E-state index contributed by atoms with van der Waals surface area (Å²) in [4.78, 5) is 0. The van der Waals surface area contributed by atoms with E-state index in [-0.39, 0.29) is 0 Å². The van der Waals surface area contributed by atoms with Gasteiger partial charge < -0.3 is 30.6 Å². The van der Waals surface area contributed by atoms with E-state index in [0.717, 1.165) is 11.1 Å². The highest BCUT2D eigenvalue weighted by Crippen LogP contribution is 2.16. The van der Waals surface area contributed by atoms with Gasteiger partial charge in [-0.1, -0.05) is 18.2 Å². The van der Waals surface area contributed by atoms with Crippen LogP contribution in [0.25, 0.3) is 6.08 Å². The van der Waals surface area contributed by atoms with E-state index in [0.29, 0.717) is 5.56 Å². The summed E-state index contributed by atoms with van der Waals surface area (Å²) in [6.07, 6.45) is -5.72. The van der Waals surface area contributed by atoms with E-state index in [4.69, 9.17) is 5.11 Å². The van der Waals surface area contributed by atoms with Crippen LogP contribution < -0.4 is 0 Å². The molecule has 6 heteroatoms. The second-order valence-electron chi connectivity index (χ2n) is 5.09. The third kappa shape index (κ3) is 4.52. The summed E-state index contributed by atoms with van der Waals surface area (Å²) in [7, 11) is 0. The molecule has 1 aromatic rings. The van der Waals surface area contributed by atoms with Crippen molar-refractivity contribution >= 4 is 6.08 Å². The van der Waals surface area contributed by atoms with Gasteiger partial charge in [0.25, 0.3) is 0 Å². The number of rotatable bonds is 6. The van der Waals surface area contributed by atoms with Crippen molar-refractivity contribution < 1.29 is 30.6 Å². The first kappa shape index (κ1) is 17.6. The van der Waals surface area contributed by atoms with Crippen molar-refractivity contribution in [3.8, 4) is 0 Å². The van der Waals surface area contributed by atoms with E-state index in [9.17, 15) is 25.5 Å². The smallest absolute Gasteiger partial charge is 0.139 e. The summed E-state index contributed by atoms with van der Waals surface area (Å²) < 4.78 is 0. The van der Waals surface area contributed by atoms with Gasteiger partial charge in [-0.15, -0.1) is 0 Å². The molecule has 0 unspecified atom stereocenters. The monoisotopic (exact) mass is 298 g/mol. The minimum Gasteiger partial charge on any atom is -0.509 e. The van der Waals surface area contributed by atoms with Gasteiger partial charge in [0.2, 0.25) is 0 Å². The van der Waals surface area contributed by atoms with Crippen molar-refractivity contribution in [2.45, 2.75) is 38.3 Å². The SMILES string of the molecule is Cc1ccc(/C=C(\O)[C@H](O)[C@H](O)[C@H](O)[C@@H](O)CO)cc1C. The van der Waals surface area contributed by atoms with Gasteiger partial charge in [0, 0.05) is 0 Å². The number of aliphatic hydroxyl groups is 6. The van der Waals surface area contributed by atoms with E-state index < -0.39 is 36.8 Å². The Kier molecular flexibility index (Phi) is 6.32. The Bertz CT molecular complexity index is 499. The van der Waals surface area contributed by atoms with Crippen LogP contribution >= 0.6 is 0 Å². The molecule has 0 heterocycles. The normalized spacial score (nSPS) is 18.1. The quantitative estimate of drug-likeness (QED) is 0.399. The lowest BCUT2D eigenvalue weighted by Gasteiger charge is -2.25. The second-order valence-corrected chi connectivity index (χ2v) is 5.09. The van der Waals surface area contributed by atoms with Gasteiger partial charge in [-0.3, -0.25) is 0 Å². The van der Waals surface area contributed by atoms with Gasteiger partial charge in [-0.2, -0.15) is 0 Å². The molecule has 6 N–H and O–H groups in total. The summed E-state index contributed by atoms with van der Waals surface area (Å²) in [5, 5.41) is 56.6. The molecule has 0 aliphatic rings. The number of hydrogen-bond donors (Lipinski definition) is 6. The average molecular weight is 298 g/mol. The van der Waals surface area contributed by atoms with Gasteiger partial charge in [0.15, 0.2) is 0 Å². The van der Waals surface area contributed by atoms with Crippen LogP contribution in [0.2, 0.25) is 0 Å². The molecule has 1 rings (SSSR count). The van der Waals surface area contributed by atoms with Gasteiger partial charge in [0.1, 0.15) is 30.2 Å². The Balaban J connectivity index is 2.87. The lowest BCUT2D eigenvalue weighted by molar-refractivity contribution is -0.112. The molecule has 0 aromatic heterocycles. The van der Waals surface area contributed by atoms with Gasteiger partial charge in [-0.05, 0) is 36.6 Å². The Morgan fingerprint density at radius 2 is 1.67 bits per heavy atom. The molecule has 118 valence electrons. The minimum absolute atomic E-state index is 0.546. The fourth-order valence-corrected chi connectivity index (χ4v) is 1.81. The topological polar surface area (TPSA) is 121 Å². The van der Waals surface area contributed by atoms with Crippen LogP contribution in [-0.4, -0.2) is 61.7 Å². The zero-order chi connectivity index (χ0) is 16.2. The minimum atomic E-state index is -1.82. The molecule has 0 amide bonds. The fourth-order valence-electron chi connectivity index (χ4n) is 1.81. The van der Waals surface area contributed by atoms with E-state index in [1.807, 2.05) is 19.9 Å². The highest BCUT2D eigenvalue weighted by molar-refractivity contribution is 5.54.